The molecule has 1 rings (SSSR count). The van der Waals surface area contributed by atoms with Crippen molar-refractivity contribution in [1.29, 1.82) is 0 Å². The van der Waals surface area contributed by atoms with E-state index in [0.717, 1.165) is 12.8 Å². The zero-order valence-corrected chi connectivity index (χ0v) is 11.7. The molecule has 1 saturated carbocycles. The molecule has 0 aromatic carbocycles. The maximum absolute atomic E-state index is 6.55. The van der Waals surface area contributed by atoms with Crippen molar-refractivity contribution in [2.24, 2.45) is 23.1 Å². The SMILES string of the molecule is CC1(N)CCCCCCCCC(CN)C1(C)N. The van der Waals surface area contributed by atoms with Gasteiger partial charge in [-0.15, -0.1) is 0 Å². The fourth-order valence-corrected chi connectivity index (χ4v) is 2.99. The average molecular weight is 241 g/mol. The quantitative estimate of drug-likeness (QED) is 0.658. The first-order valence-corrected chi connectivity index (χ1v) is 7.19. The Kier molecular flexibility index (Phi) is 5.42. The van der Waals surface area contributed by atoms with E-state index in [9.17, 15) is 0 Å². The summed E-state index contributed by atoms with van der Waals surface area (Å²) in [7, 11) is 0. The highest BCUT2D eigenvalue weighted by Crippen LogP contribution is 2.33. The predicted molar refractivity (Wildman–Crippen MR) is 74.7 cm³/mol. The third kappa shape index (κ3) is 3.67. The highest BCUT2D eigenvalue weighted by molar-refractivity contribution is 5.05. The Hall–Kier alpha value is -0.120. The lowest BCUT2D eigenvalue weighted by atomic mass is 9.68. The molecule has 0 spiro atoms. The third-order valence-corrected chi connectivity index (χ3v) is 4.86. The van der Waals surface area contributed by atoms with Crippen molar-refractivity contribution in [3.63, 3.8) is 0 Å². The van der Waals surface area contributed by atoms with Crippen molar-refractivity contribution in [2.45, 2.75) is 76.3 Å². The predicted octanol–water partition coefficient (Wildman–Crippen LogP) is 2.13. The van der Waals surface area contributed by atoms with Gasteiger partial charge < -0.3 is 17.2 Å². The Morgan fingerprint density at radius 2 is 1.47 bits per heavy atom. The summed E-state index contributed by atoms with van der Waals surface area (Å²) in [6, 6.07) is 0. The van der Waals surface area contributed by atoms with Crippen LogP contribution in [0.25, 0.3) is 0 Å². The molecule has 1 aliphatic rings. The molecule has 1 fully saturated rings. The van der Waals surface area contributed by atoms with Crippen LogP contribution >= 0.6 is 0 Å². The Bertz CT molecular complexity index is 224. The Balaban J connectivity index is 2.80. The van der Waals surface area contributed by atoms with Gasteiger partial charge in [-0.05, 0) is 39.2 Å². The highest BCUT2D eigenvalue weighted by atomic mass is 14.9. The minimum atomic E-state index is -0.355. The van der Waals surface area contributed by atoms with Crippen LogP contribution in [0.1, 0.15) is 65.2 Å². The van der Waals surface area contributed by atoms with Crippen LogP contribution in [0, 0.1) is 5.92 Å². The second-order valence-electron chi connectivity index (χ2n) is 6.29. The molecular weight excluding hydrogens is 210 g/mol. The standard InChI is InChI=1S/C14H31N3/c1-13(16)10-8-6-4-3-5-7-9-12(11-15)14(13,2)17/h12H,3-11,15-17H2,1-2H3. The molecule has 0 saturated heterocycles. The highest BCUT2D eigenvalue weighted by Gasteiger charge is 2.43. The normalized spacial score (nSPS) is 41.8. The molecule has 17 heavy (non-hydrogen) atoms. The van der Waals surface area contributed by atoms with Gasteiger partial charge in [0.25, 0.3) is 0 Å². The van der Waals surface area contributed by atoms with Gasteiger partial charge in [0.1, 0.15) is 0 Å². The van der Waals surface area contributed by atoms with Crippen molar-refractivity contribution in [3.8, 4) is 0 Å². The topological polar surface area (TPSA) is 78.1 Å². The van der Waals surface area contributed by atoms with Gasteiger partial charge in [-0.25, -0.2) is 0 Å². The minimum absolute atomic E-state index is 0.304. The summed E-state index contributed by atoms with van der Waals surface area (Å²) >= 11 is 0. The van der Waals surface area contributed by atoms with E-state index in [1.807, 2.05) is 0 Å². The average Bonchev–Trinajstić information content (AvgIpc) is 2.27. The lowest BCUT2D eigenvalue weighted by Gasteiger charge is -2.46. The fraction of sp³-hybridized carbons (Fsp3) is 1.00. The number of hydrogen-bond acceptors (Lipinski definition) is 3. The molecule has 0 aromatic rings. The molecule has 0 amide bonds. The second-order valence-corrected chi connectivity index (χ2v) is 6.29. The molecule has 0 heterocycles. The zero-order valence-electron chi connectivity index (χ0n) is 11.7. The maximum Gasteiger partial charge on any atom is 0.0346 e. The van der Waals surface area contributed by atoms with Crippen molar-refractivity contribution >= 4 is 0 Å². The van der Waals surface area contributed by atoms with Crippen LogP contribution in [-0.2, 0) is 0 Å². The Morgan fingerprint density at radius 1 is 0.941 bits per heavy atom. The first-order valence-electron chi connectivity index (χ1n) is 7.19. The number of hydrogen-bond donors (Lipinski definition) is 3. The van der Waals surface area contributed by atoms with Crippen LogP contribution in [0.15, 0.2) is 0 Å². The summed E-state index contributed by atoms with van der Waals surface area (Å²) in [5.41, 5.74) is 18.3. The minimum Gasteiger partial charge on any atom is -0.330 e. The smallest absolute Gasteiger partial charge is 0.0346 e. The van der Waals surface area contributed by atoms with Crippen LogP contribution in [0.2, 0.25) is 0 Å². The Morgan fingerprint density at radius 3 is 2.06 bits per heavy atom. The molecule has 3 nitrogen and oxygen atoms in total. The molecule has 0 bridgehead atoms. The molecule has 6 N–H and O–H groups in total. The van der Waals surface area contributed by atoms with E-state index >= 15 is 0 Å². The molecular formula is C14H31N3. The largest absolute Gasteiger partial charge is 0.330 e. The zero-order chi connectivity index (χ0) is 12.9. The first kappa shape index (κ1) is 14.9. The van der Waals surface area contributed by atoms with E-state index in [4.69, 9.17) is 17.2 Å². The van der Waals surface area contributed by atoms with E-state index < -0.39 is 0 Å². The summed E-state index contributed by atoms with van der Waals surface area (Å²) in [4.78, 5) is 0. The van der Waals surface area contributed by atoms with Gasteiger partial charge in [0.15, 0.2) is 0 Å². The van der Waals surface area contributed by atoms with Crippen LogP contribution in [0.3, 0.4) is 0 Å². The summed E-state index contributed by atoms with van der Waals surface area (Å²) in [6.45, 7) is 4.86. The monoisotopic (exact) mass is 241 g/mol. The van der Waals surface area contributed by atoms with Crippen LogP contribution in [0.5, 0.6) is 0 Å². The third-order valence-electron chi connectivity index (χ3n) is 4.86. The van der Waals surface area contributed by atoms with Crippen LogP contribution < -0.4 is 17.2 Å². The van der Waals surface area contributed by atoms with Gasteiger partial charge in [-0.2, -0.15) is 0 Å². The van der Waals surface area contributed by atoms with E-state index in [2.05, 4.69) is 13.8 Å². The number of rotatable bonds is 1. The molecule has 0 aliphatic heterocycles. The van der Waals surface area contributed by atoms with Gasteiger partial charge in [0.05, 0.1) is 0 Å². The van der Waals surface area contributed by atoms with Gasteiger partial charge in [0, 0.05) is 11.1 Å². The molecule has 102 valence electrons. The fourth-order valence-electron chi connectivity index (χ4n) is 2.99. The molecule has 1 aliphatic carbocycles. The summed E-state index contributed by atoms with van der Waals surface area (Å²) in [5.74, 6) is 0.343. The maximum atomic E-state index is 6.55. The summed E-state index contributed by atoms with van der Waals surface area (Å²) in [6.07, 6.45) is 9.85. The van der Waals surface area contributed by atoms with Crippen molar-refractivity contribution in [1.82, 2.24) is 0 Å². The molecule has 0 radical (unpaired) electrons. The second kappa shape index (κ2) is 6.17. The first-order chi connectivity index (χ1) is 7.92. The lowest BCUT2D eigenvalue weighted by molar-refractivity contribution is 0.153. The van der Waals surface area contributed by atoms with E-state index in [-0.39, 0.29) is 11.1 Å². The molecule has 3 unspecified atom stereocenters. The lowest BCUT2D eigenvalue weighted by Crippen LogP contribution is -2.67. The van der Waals surface area contributed by atoms with Crippen molar-refractivity contribution in [3.05, 3.63) is 0 Å². The van der Waals surface area contributed by atoms with Gasteiger partial charge in [-0.1, -0.05) is 38.5 Å². The molecule has 0 aromatic heterocycles. The van der Waals surface area contributed by atoms with Crippen LogP contribution in [0.4, 0.5) is 0 Å². The summed E-state index contributed by atoms with van der Waals surface area (Å²) < 4.78 is 0. The van der Waals surface area contributed by atoms with Crippen molar-refractivity contribution < 1.29 is 0 Å². The summed E-state index contributed by atoms with van der Waals surface area (Å²) in [5, 5.41) is 0. The van der Waals surface area contributed by atoms with Crippen molar-refractivity contribution in [2.75, 3.05) is 6.54 Å². The number of nitrogens with two attached hydrogens (primary N) is 3. The van der Waals surface area contributed by atoms with Gasteiger partial charge in [0.2, 0.25) is 0 Å². The molecule has 3 heteroatoms. The van der Waals surface area contributed by atoms with E-state index in [1.54, 1.807) is 0 Å². The van der Waals surface area contributed by atoms with Gasteiger partial charge >= 0.3 is 0 Å². The Labute approximate surface area is 106 Å². The molecule has 3 atom stereocenters. The van der Waals surface area contributed by atoms with Crippen LogP contribution in [-0.4, -0.2) is 17.6 Å². The van der Waals surface area contributed by atoms with E-state index in [0.29, 0.717) is 12.5 Å². The van der Waals surface area contributed by atoms with E-state index in [1.165, 1.54) is 38.5 Å². The van der Waals surface area contributed by atoms with Gasteiger partial charge in [-0.3, -0.25) is 0 Å².